The Labute approximate surface area is 150 Å². The van der Waals surface area contributed by atoms with Gasteiger partial charge in [0.25, 0.3) is 0 Å². The summed E-state index contributed by atoms with van der Waals surface area (Å²) in [5.41, 5.74) is 3.38. The number of likely N-dealkylation sites (tertiary alicyclic amines) is 1. The molecular formula is C21H28N2O2. The summed E-state index contributed by atoms with van der Waals surface area (Å²) in [5, 5.41) is 3.67. The number of methoxy groups -OCH3 is 1. The molecule has 1 aliphatic carbocycles. The van der Waals surface area contributed by atoms with E-state index >= 15 is 0 Å². The van der Waals surface area contributed by atoms with Crippen LogP contribution in [0.4, 0.5) is 5.69 Å². The van der Waals surface area contributed by atoms with Crippen molar-refractivity contribution in [1.29, 1.82) is 0 Å². The Bertz CT molecular complexity index is 699. The standard InChI is InChI=1S/C21H28N2O2/c1-3-4-12-23-13-11-15-9-10-16(20(24)25-2)19-21(15,14-23)17-7-5-6-8-18(17)22-19/h5-8,10,15,19,22H,3-4,9,11-14H2,1-2H3/t15-,19-,21-/m0/s1. The highest BCUT2D eigenvalue weighted by atomic mass is 16.5. The molecule has 0 saturated carbocycles. The minimum Gasteiger partial charge on any atom is -0.466 e. The largest absolute Gasteiger partial charge is 0.466 e. The van der Waals surface area contributed by atoms with E-state index in [1.165, 1.54) is 44.2 Å². The lowest BCUT2D eigenvalue weighted by atomic mass is 9.58. The lowest BCUT2D eigenvalue weighted by Gasteiger charge is -2.51. The summed E-state index contributed by atoms with van der Waals surface area (Å²) in [7, 11) is 1.48. The Hall–Kier alpha value is -1.81. The lowest BCUT2D eigenvalue weighted by molar-refractivity contribution is -0.136. The molecule has 4 heteroatoms. The van der Waals surface area contributed by atoms with E-state index in [0.717, 1.165) is 25.1 Å². The zero-order chi connectivity index (χ0) is 17.4. The molecular weight excluding hydrogens is 312 g/mol. The maximum atomic E-state index is 12.4. The van der Waals surface area contributed by atoms with Crippen molar-refractivity contribution in [3.63, 3.8) is 0 Å². The lowest BCUT2D eigenvalue weighted by Crippen LogP contribution is -2.59. The highest BCUT2D eigenvalue weighted by Crippen LogP contribution is 2.55. The van der Waals surface area contributed by atoms with E-state index in [-0.39, 0.29) is 17.4 Å². The minimum absolute atomic E-state index is 0.0130. The number of hydrogen-bond acceptors (Lipinski definition) is 4. The SMILES string of the molecule is CCCCN1CC[C@@H]2CC=C(C(=O)OC)[C@@H]3Nc4ccccc4[C@]23C1. The number of hydrogen-bond donors (Lipinski definition) is 1. The Balaban J connectivity index is 1.77. The first-order valence-corrected chi connectivity index (χ1v) is 9.57. The fraction of sp³-hybridized carbons (Fsp3) is 0.571. The first-order chi connectivity index (χ1) is 12.2. The number of carbonyl (C=O) groups is 1. The van der Waals surface area contributed by atoms with Gasteiger partial charge in [0, 0.05) is 17.6 Å². The number of esters is 1. The number of allylic oxidation sites excluding steroid dienone is 1. The van der Waals surface area contributed by atoms with E-state index in [0.29, 0.717) is 5.92 Å². The molecule has 0 aromatic heterocycles. The van der Waals surface area contributed by atoms with Crippen LogP contribution in [0.5, 0.6) is 0 Å². The maximum Gasteiger partial charge on any atom is 0.335 e. The number of anilines is 1. The normalized spacial score (nSPS) is 30.6. The fourth-order valence-electron chi connectivity index (χ4n) is 5.22. The van der Waals surface area contributed by atoms with E-state index < -0.39 is 0 Å². The van der Waals surface area contributed by atoms with Gasteiger partial charge < -0.3 is 15.0 Å². The van der Waals surface area contributed by atoms with Gasteiger partial charge in [-0.3, -0.25) is 0 Å². The van der Waals surface area contributed by atoms with E-state index in [2.05, 4.69) is 47.5 Å². The highest BCUT2D eigenvalue weighted by molar-refractivity contribution is 5.92. The molecule has 1 spiro atoms. The maximum absolute atomic E-state index is 12.4. The van der Waals surface area contributed by atoms with Crippen LogP contribution in [0.2, 0.25) is 0 Å². The van der Waals surface area contributed by atoms with Gasteiger partial charge in [0.05, 0.1) is 18.7 Å². The molecule has 4 nitrogen and oxygen atoms in total. The molecule has 4 rings (SSSR count). The molecule has 0 amide bonds. The third-order valence-electron chi connectivity index (χ3n) is 6.43. The smallest absolute Gasteiger partial charge is 0.335 e. The van der Waals surface area contributed by atoms with Gasteiger partial charge in [0.15, 0.2) is 0 Å². The van der Waals surface area contributed by atoms with Crippen LogP contribution >= 0.6 is 0 Å². The first-order valence-electron chi connectivity index (χ1n) is 9.57. The average molecular weight is 340 g/mol. The van der Waals surface area contributed by atoms with Gasteiger partial charge in [-0.05, 0) is 49.9 Å². The number of fused-ring (bicyclic) bond motifs is 1. The van der Waals surface area contributed by atoms with Crippen molar-refractivity contribution >= 4 is 11.7 Å². The van der Waals surface area contributed by atoms with Gasteiger partial charge in [-0.2, -0.15) is 0 Å². The molecule has 25 heavy (non-hydrogen) atoms. The summed E-state index contributed by atoms with van der Waals surface area (Å²) in [5.74, 6) is 0.397. The van der Waals surface area contributed by atoms with Crippen LogP contribution in [-0.4, -0.2) is 43.7 Å². The fourth-order valence-corrected chi connectivity index (χ4v) is 5.22. The Kier molecular flexibility index (Phi) is 4.32. The molecule has 0 bridgehead atoms. The third-order valence-corrected chi connectivity index (χ3v) is 6.43. The van der Waals surface area contributed by atoms with Gasteiger partial charge in [0.1, 0.15) is 0 Å². The molecule has 1 saturated heterocycles. The van der Waals surface area contributed by atoms with E-state index in [1.54, 1.807) is 0 Å². The molecule has 1 aromatic rings. The topological polar surface area (TPSA) is 41.6 Å². The molecule has 134 valence electrons. The van der Waals surface area contributed by atoms with Crippen LogP contribution in [0, 0.1) is 5.92 Å². The Morgan fingerprint density at radius 3 is 3.04 bits per heavy atom. The Morgan fingerprint density at radius 1 is 1.40 bits per heavy atom. The number of benzene rings is 1. The number of ether oxygens (including phenoxy) is 1. The molecule has 1 N–H and O–H groups in total. The van der Waals surface area contributed by atoms with Crippen molar-refractivity contribution in [3.05, 3.63) is 41.5 Å². The van der Waals surface area contributed by atoms with Crippen molar-refractivity contribution in [2.45, 2.75) is 44.1 Å². The number of nitrogens with one attached hydrogen (secondary N) is 1. The molecule has 0 radical (unpaired) electrons. The average Bonchev–Trinajstić information content (AvgIpc) is 2.98. The second-order valence-electron chi connectivity index (χ2n) is 7.67. The zero-order valence-electron chi connectivity index (χ0n) is 15.3. The monoisotopic (exact) mass is 340 g/mol. The summed E-state index contributed by atoms with van der Waals surface area (Å²) < 4.78 is 5.10. The number of unbranched alkanes of at least 4 members (excludes halogenated alkanes) is 1. The quantitative estimate of drug-likeness (QED) is 0.854. The summed E-state index contributed by atoms with van der Waals surface area (Å²) in [6, 6.07) is 8.66. The third kappa shape index (κ3) is 2.50. The molecule has 3 atom stereocenters. The highest BCUT2D eigenvalue weighted by Gasteiger charge is 2.57. The van der Waals surface area contributed by atoms with Crippen LogP contribution < -0.4 is 5.32 Å². The van der Waals surface area contributed by atoms with Gasteiger partial charge in [0.2, 0.25) is 0 Å². The number of nitrogens with zero attached hydrogens (tertiary/aromatic N) is 1. The summed E-state index contributed by atoms with van der Waals surface area (Å²) in [6.07, 6.45) is 6.75. The van der Waals surface area contributed by atoms with Gasteiger partial charge >= 0.3 is 5.97 Å². The van der Waals surface area contributed by atoms with E-state index in [1.807, 2.05) is 0 Å². The van der Waals surface area contributed by atoms with Crippen LogP contribution in [0.15, 0.2) is 35.9 Å². The predicted molar refractivity (Wildman–Crippen MR) is 99.7 cm³/mol. The molecule has 1 aromatic carbocycles. The van der Waals surface area contributed by atoms with Crippen molar-refractivity contribution < 1.29 is 9.53 Å². The summed E-state index contributed by atoms with van der Waals surface area (Å²) in [4.78, 5) is 15.0. The van der Waals surface area contributed by atoms with Crippen molar-refractivity contribution in [3.8, 4) is 0 Å². The summed E-state index contributed by atoms with van der Waals surface area (Å²) >= 11 is 0. The van der Waals surface area contributed by atoms with E-state index in [4.69, 9.17) is 4.74 Å². The minimum atomic E-state index is -0.186. The van der Waals surface area contributed by atoms with Crippen molar-refractivity contribution in [1.82, 2.24) is 4.90 Å². The molecule has 2 aliphatic heterocycles. The molecule has 2 heterocycles. The van der Waals surface area contributed by atoms with Gasteiger partial charge in [-0.1, -0.05) is 37.6 Å². The number of piperidine rings is 1. The predicted octanol–water partition coefficient (Wildman–Crippen LogP) is 3.34. The number of rotatable bonds is 4. The van der Waals surface area contributed by atoms with Crippen LogP contribution in [0.3, 0.4) is 0 Å². The summed E-state index contributed by atoms with van der Waals surface area (Å²) in [6.45, 7) is 5.60. The van der Waals surface area contributed by atoms with Gasteiger partial charge in [-0.25, -0.2) is 4.79 Å². The molecule has 3 aliphatic rings. The Morgan fingerprint density at radius 2 is 2.24 bits per heavy atom. The molecule has 0 unspecified atom stereocenters. The van der Waals surface area contributed by atoms with Crippen LogP contribution in [0.1, 0.15) is 38.2 Å². The van der Waals surface area contributed by atoms with Crippen molar-refractivity contribution in [2.24, 2.45) is 5.92 Å². The van der Waals surface area contributed by atoms with Crippen molar-refractivity contribution in [2.75, 3.05) is 32.1 Å². The zero-order valence-corrected chi connectivity index (χ0v) is 15.3. The van der Waals surface area contributed by atoms with Crippen LogP contribution in [-0.2, 0) is 14.9 Å². The second kappa shape index (κ2) is 6.49. The first kappa shape index (κ1) is 16.6. The second-order valence-corrected chi connectivity index (χ2v) is 7.67. The number of para-hydroxylation sites is 1. The van der Waals surface area contributed by atoms with Crippen LogP contribution in [0.25, 0.3) is 0 Å². The number of carbonyl (C=O) groups excluding carboxylic acids is 1. The molecule has 1 fully saturated rings. The van der Waals surface area contributed by atoms with E-state index in [9.17, 15) is 4.79 Å². The van der Waals surface area contributed by atoms with Gasteiger partial charge in [-0.15, -0.1) is 0 Å².